The van der Waals surface area contributed by atoms with E-state index in [1.807, 2.05) is 13.8 Å². The maximum Gasteiger partial charge on any atom is 0.330 e. The number of nitrogens with zero attached hydrogens (tertiary/aromatic N) is 2. The molecule has 4 rings (SSSR count). The standard InChI is InChI=1S/C23H23N5O3S/c1-13(2)11-28-21(30)18-8-7-15(9-19(18)26-23(28)32)20(29)25-16-5-4-6-17(10-16)27-12-14(3)24-22(27)31/h4-10,12-13H,11H2,1-3H3,(H,24,31)(H,25,29)(H,26,32). The summed E-state index contributed by atoms with van der Waals surface area (Å²) in [7, 11) is 0. The molecule has 2 aromatic heterocycles. The highest BCUT2D eigenvalue weighted by molar-refractivity contribution is 7.71. The van der Waals surface area contributed by atoms with Crippen LogP contribution in [0, 0.1) is 17.6 Å². The topological polar surface area (TPSA) is 105 Å². The highest BCUT2D eigenvalue weighted by Gasteiger charge is 2.12. The second-order valence-electron chi connectivity index (χ2n) is 8.12. The fraction of sp³-hybridized carbons (Fsp3) is 0.217. The Kier molecular flexibility index (Phi) is 5.67. The van der Waals surface area contributed by atoms with Crippen molar-refractivity contribution >= 4 is 34.7 Å². The van der Waals surface area contributed by atoms with Gasteiger partial charge in [0.1, 0.15) is 0 Å². The third-order valence-electron chi connectivity index (χ3n) is 5.02. The van der Waals surface area contributed by atoms with E-state index < -0.39 is 0 Å². The van der Waals surface area contributed by atoms with Gasteiger partial charge >= 0.3 is 5.69 Å². The Morgan fingerprint density at radius 3 is 2.59 bits per heavy atom. The summed E-state index contributed by atoms with van der Waals surface area (Å²) in [6, 6.07) is 11.9. The molecular weight excluding hydrogens is 426 g/mol. The molecule has 9 heteroatoms. The molecule has 32 heavy (non-hydrogen) atoms. The number of aromatic amines is 2. The highest BCUT2D eigenvalue weighted by atomic mass is 32.1. The Morgan fingerprint density at radius 2 is 1.91 bits per heavy atom. The summed E-state index contributed by atoms with van der Waals surface area (Å²) < 4.78 is 3.34. The minimum absolute atomic E-state index is 0.177. The molecule has 0 saturated heterocycles. The average Bonchev–Trinajstić information content (AvgIpc) is 3.08. The van der Waals surface area contributed by atoms with E-state index in [4.69, 9.17) is 12.2 Å². The summed E-state index contributed by atoms with van der Waals surface area (Å²) in [6.45, 7) is 6.35. The van der Waals surface area contributed by atoms with Crippen LogP contribution in [0.4, 0.5) is 5.69 Å². The van der Waals surface area contributed by atoms with Crippen LogP contribution in [0.3, 0.4) is 0 Å². The third-order valence-corrected chi connectivity index (χ3v) is 5.34. The van der Waals surface area contributed by atoms with Crippen LogP contribution in [-0.4, -0.2) is 25.0 Å². The maximum atomic E-state index is 12.8. The van der Waals surface area contributed by atoms with Crippen LogP contribution in [0.15, 0.2) is 58.3 Å². The molecule has 2 aromatic carbocycles. The minimum atomic E-state index is -0.340. The number of benzene rings is 2. The van der Waals surface area contributed by atoms with Gasteiger partial charge in [-0.3, -0.25) is 18.7 Å². The predicted octanol–water partition coefficient (Wildman–Crippen LogP) is 3.75. The number of carbonyl (C=O) groups is 1. The van der Waals surface area contributed by atoms with Crippen molar-refractivity contribution in [1.29, 1.82) is 0 Å². The number of hydrogen-bond donors (Lipinski definition) is 3. The molecule has 3 N–H and O–H groups in total. The van der Waals surface area contributed by atoms with Gasteiger partial charge in [0.05, 0.1) is 16.6 Å². The highest BCUT2D eigenvalue weighted by Crippen LogP contribution is 2.17. The van der Waals surface area contributed by atoms with Crippen LogP contribution >= 0.6 is 12.2 Å². The van der Waals surface area contributed by atoms with Gasteiger partial charge in [0.15, 0.2) is 4.77 Å². The van der Waals surface area contributed by atoms with Crippen molar-refractivity contribution < 1.29 is 4.79 Å². The van der Waals surface area contributed by atoms with Gasteiger partial charge < -0.3 is 15.3 Å². The van der Waals surface area contributed by atoms with Crippen molar-refractivity contribution in [1.82, 2.24) is 19.1 Å². The number of amides is 1. The summed E-state index contributed by atoms with van der Waals surface area (Å²) in [5, 5.41) is 3.31. The van der Waals surface area contributed by atoms with Gasteiger partial charge in [0.25, 0.3) is 11.5 Å². The molecule has 0 aliphatic heterocycles. The van der Waals surface area contributed by atoms with Crippen molar-refractivity contribution in [3.63, 3.8) is 0 Å². The zero-order valence-corrected chi connectivity index (χ0v) is 18.7. The van der Waals surface area contributed by atoms with Crippen LogP contribution in [0.25, 0.3) is 16.6 Å². The molecule has 0 radical (unpaired) electrons. The number of nitrogens with one attached hydrogen (secondary N) is 3. The predicted molar refractivity (Wildman–Crippen MR) is 127 cm³/mol. The van der Waals surface area contributed by atoms with E-state index in [9.17, 15) is 14.4 Å². The lowest BCUT2D eigenvalue weighted by Crippen LogP contribution is -2.24. The monoisotopic (exact) mass is 449 g/mol. The maximum absolute atomic E-state index is 12.8. The van der Waals surface area contributed by atoms with Gasteiger partial charge in [-0.1, -0.05) is 19.9 Å². The van der Waals surface area contributed by atoms with Crippen LogP contribution in [-0.2, 0) is 6.54 Å². The zero-order valence-electron chi connectivity index (χ0n) is 17.9. The summed E-state index contributed by atoms with van der Waals surface area (Å²) in [4.78, 5) is 43.5. The molecule has 1 amide bonds. The molecule has 0 aliphatic rings. The van der Waals surface area contributed by atoms with Crippen LogP contribution in [0.1, 0.15) is 29.9 Å². The number of rotatable bonds is 5. The molecule has 0 unspecified atom stereocenters. The number of imidazole rings is 1. The number of aryl methyl sites for hydroxylation is 1. The first-order valence-electron chi connectivity index (χ1n) is 10.2. The van der Waals surface area contributed by atoms with Crippen molar-refractivity contribution in [2.24, 2.45) is 5.92 Å². The van der Waals surface area contributed by atoms with E-state index in [0.29, 0.717) is 39.2 Å². The molecule has 0 fully saturated rings. The van der Waals surface area contributed by atoms with Crippen LogP contribution in [0.5, 0.6) is 0 Å². The largest absolute Gasteiger partial charge is 0.332 e. The van der Waals surface area contributed by atoms with Gasteiger partial charge in [-0.2, -0.15) is 0 Å². The molecule has 164 valence electrons. The molecule has 0 aliphatic carbocycles. The first kappa shape index (κ1) is 21.5. The molecule has 0 saturated carbocycles. The number of H-pyrrole nitrogens is 2. The number of fused-ring (bicyclic) bond motifs is 1. The Bertz CT molecular complexity index is 1510. The van der Waals surface area contributed by atoms with E-state index in [1.165, 1.54) is 9.13 Å². The zero-order chi connectivity index (χ0) is 23.0. The smallest absolute Gasteiger partial charge is 0.330 e. The first-order valence-corrected chi connectivity index (χ1v) is 10.6. The fourth-order valence-corrected chi connectivity index (χ4v) is 3.84. The molecule has 0 bridgehead atoms. The Hall–Kier alpha value is -3.72. The van der Waals surface area contributed by atoms with Gasteiger partial charge in [-0.25, -0.2) is 4.79 Å². The Labute approximate surface area is 188 Å². The lowest BCUT2D eigenvalue weighted by atomic mass is 10.1. The van der Waals surface area contributed by atoms with Gasteiger partial charge in [0.2, 0.25) is 0 Å². The SMILES string of the molecule is Cc1cn(-c2cccc(NC(=O)c3ccc4c(=O)n(CC(C)C)c(=S)[nH]c4c3)c2)c(=O)[nH]1. The van der Waals surface area contributed by atoms with E-state index in [-0.39, 0.29) is 23.1 Å². The number of aromatic nitrogens is 4. The molecule has 4 aromatic rings. The van der Waals surface area contributed by atoms with Gasteiger partial charge in [0, 0.05) is 29.7 Å². The number of carbonyl (C=O) groups excluding carboxylic acids is 1. The van der Waals surface area contributed by atoms with E-state index in [1.54, 1.807) is 55.6 Å². The molecule has 2 heterocycles. The van der Waals surface area contributed by atoms with E-state index in [2.05, 4.69) is 15.3 Å². The molecular formula is C23H23N5O3S. The second-order valence-corrected chi connectivity index (χ2v) is 8.50. The second kappa shape index (κ2) is 8.43. The average molecular weight is 450 g/mol. The van der Waals surface area contributed by atoms with E-state index >= 15 is 0 Å². The van der Waals surface area contributed by atoms with Gasteiger partial charge in [-0.15, -0.1) is 0 Å². The van der Waals surface area contributed by atoms with Crippen LogP contribution < -0.4 is 16.6 Å². The summed E-state index contributed by atoms with van der Waals surface area (Å²) in [5.41, 5.74) is 2.37. The molecule has 0 atom stereocenters. The minimum Gasteiger partial charge on any atom is -0.332 e. The van der Waals surface area contributed by atoms with Crippen molar-refractivity contribution in [2.45, 2.75) is 27.3 Å². The summed E-state index contributed by atoms with van der Waals surface area (Å²) in [5.74, 6) is -0.0700. The number of anilines is 1. The summed E-state index contributed by atoms with van der Waals surface area (Å²) >= 11 is 5.35. The van der Waals surface area contributed by atoms with Gasteiger partial charge in [-0.05, 0) is 61.5 Å². The number of hydrogen-bond acceptors (Lipinski definition) is 4. The third kappa shape index (κ3) is 4.19. The van der Waals surface area contributed by atoms with Crippen LogP contribution in [0.2, 0.25) is 0 Å². The molecule has 0 spiro atoms. The van der Waals surface area contributed by atoms with Crippen molar-refractivity contribution in [2.75, 3.05) is 5.32 Å². The Balaban J connectivity index is 1.64. The van der Waals surface area contributed by atoms with Crippen molar-refractivity contribution in [3.8, 4) is 5.69 Å². The fourth-order valence-electron chi connectivity index (χ4n) is 3.57. The lowest BCUT2D eigenvalue weighted by molar-refractivity contribution is 0.102. The normalized spacial score (nSPS) is 11.2. The molecule has 8 nitrogen and oxygen atoms in total. The first-order chi connectivity index (χ1) is 15.2. The van der Waals surface area contributed by atoms with E-state index in [0.717, 1.165) is 5.69 Å². The quantitative estimate of drug-likeness (QED) is 0.404. The summed E-state index contributed by atoms with van der Waals surface area (Å²) in [6.07, 6.45) is 1.70. The lowest BCUT2D eigenvalue weighted by Gasteiger charge is -2.11. The van der Waals surface area contributed by atoms with Crippen molar-refractivity contribution in [3.05, 3.63) is 85.5 Å². The Morgan fingerprint density at radius 1 is 1.12 bits per heavy atom.